The van der Waals surface area contributed by atoms with E-state index in [0.717, 1.165) is 17.8 Å². The molecule has 1 aliphatic heterocycles. The minimum Gasteiger partial charge on any atom is -0.478 e. The number of hydrogen-bond acceptors (Lipinski definition) is 5. The highest BCUT2D eigenvalue weighted by Gasteiger charge is 2.38. The molecule has 22 heavy (non-hydrogen) atoms. The van der Waals surface area contributed by atoms with Crippen LogP contribution in [-0.4, -0.2) is 48.1 Å². The number of rotatable bonds is 4. The molecule has 122 valence electrons. The average molecular weight is 336 g/mol. The van der Waals surface area contributed by atoms with Crippen LogP contribution in [0, 0.1) is 0 Å². The molecule has 0 aromatic carbocycles. The Labute approximate surface area is 129 Å². The summed E-state index contributed by atoms with van der Waals surface area (Å²) in [7, 11) is 0. The molecule has 0 radical (unpaired) electrons. The highest BCUT2D eigenvalue weighted by atomic mass is 32.2. The van der Waals surface area contributed by atoms with Gasteiger partial charge in [-0.3, -0.25) is 0 Å². The molecule has 2 rings (SSSR count). The van der Waals surface area contributed by atoms with Crippen LogP contribution in [-0.2, 0) is 10.9 Å². The van der Waals surface area contributed by atoms with E-state index in [1.165, 1.54) is 0 Å². The van der Waals surface area contributed by atoms with Crippen molar-refractivity contribution in [3.8, 4) is 0 Å². The molecular weight excluding hydrogens is 321 g/mol. The van der Waals surface area contributed by atoms with Gasteiger partial charge in [0.05, 0.1) is 18.8 Å². The first-order valence-corrected chi connectivity index (χ1v) is 7.64. The number of morpholine rings is 1. The van der Waals surface area contributed by atoms with Gasteiger partial charge < -0.3 is 14.7 Å². The molecule has 1 fully saturated rings. The number of nitrogens with zero attached hydrogens (tertiary/aromatic N) is 2. The van der Waals surface area contributed by atoms with Crippen molar-refractivity contribution in [2.75, 3.05) is 37.0 Å². The molecular formula is C13H15F3N2O3S. The summed E-state index contributed by atoms with van der Waals surface area (Å²) in [5.74, 6) is -1.06. The van der Waals surface area contributed by atoms with Gasteiger partial charge in [-0.25, -0.2) is 9.78 Å². The fourth-order valence-electron chi connectivity index (χ4n) is 2.13. The molecule has 0 aliphatic carbocycles. The van der Waals surface area contributed by atoms with Crippen LogP contribution in [0.1, 0.15) is 22.8 Å². The third kappa shape index (κ3) is 3.64. The highest BCUT2D eigenvalue weighted by Crippen LogP contribution is 2.38. The SMILES string of the molecule is CCSc1nc(N2CCOCC2)cc(C(F)(F)F)c1C(=O)O. The third-order valence-electron chi connectivity index (χ3n) is 3.11. The quantitative estimate of drug-likeness (QED) is 0.853. The maximum Gasteiger partial charge on any atom is 0.417 e. The Hall–Kier alpha value is -1.48. The number of pyridine rings is 1. The van der Waals surface area contributed by atoms with Gasteiger partial charge in [-0.1, -0.05) is 6.92 Å². The van der Waals surface area contributed by atoms with E-state index in [1.54, 1.807) is 11.8 Å². The van der Waals surface area contributed by atoms with Crippen molar-refractivity contribution in [2.24, 2.45) is 0 Å². The van der Waals surface area contributed by atoms with Gasteiger partial charge in [0.1, 0.15) is 16.4 Å². The molecule has 1 aliphatic rings. The maximum atomic E-state index is 13.2. The molecule has 0 amide bonds. The van der Waals surface area contributed by atoms with E-state index in [0.29, 0.717) is 32.1 Å². The summed E-state index contributed by atoms with van der Waals surface area (Å²) in [5.41, 5.74) is -1.94. The van der Waals surface area contributed by atoms with E-state index in [-0.39, 0.29) is 10.8 Å². The topological polar surface area (TPSA) is 62.7 Å². The molecule has 0 spiro atoms. The number of halogens is 3. The second-order valence-corrected chi connectivity index (χ2v) is 5.80. The van der Waals surface area contributed by atoms with E-state index in [9.17, 15) is 18.0 Å². The number of carboxylic acids is 1. The van der Waals surface area contributed by atoms with Gasteiger partial charge in [-0.15, -0.1) is 11.8 Å². The summed E-state index contributed by atoms with van der Waals surface area (Å²) < 4.78 is 44.9. The van der Waals surface area contributed by atoms with Gasteiger partial charge in [-0.05, 0) is 11.8 Å². The Morgan fingerprint density at radius 2 is 2.09 bits per heavy atom. The minimum absolute atomic E-state index is 0.105. The molecule has 0 saturated carbocycles. The number of carbonyl (C=O) groups is 1. The first-order chi connectivity index (χ1) is 10.3. The number of alkyl halides is 3. The Kier molecular flexibility index (Phi) is 5.17. The number of anilines is 1. The second-order valence-electron chi connectivity index (χ2n) is 4.54. The van der Waals surface area contributed by atoms with Gasteiger partial charge in [0, 0.05) is 13.1 Å². The number of ether oxygens (including phenoxy) is 1. The van der Waals surface area contributed by atoms with Crippen LogP contribution in [0.3, 0.4) is 0 Å². The van der Waals surface area contributed by atoms with Gasteiger partial charge >= 0.3 is 12.1 Å². The van der Waals surface area contributed by atoms with Crippen molar-refractivity contribution in [3.05, 3.63) is 17.2 Å². The zero-order valence-electron chi connectivity index (χ0n) is 11.8. The maximum absolute atomic E-state index is 13.2. The van der Waals surface area contributed by atoms with E-state index in [1.807, 2.05) is 0 Å². The number of hydrogen-bond donors (Lipinski definition) is 1. The lowest BCUT2D eigenvalue weighted by atomic mass is 10.1. The standard InChI is InChI=1S/C13H15F3N2O3S/c1-2-22-11-10(12(19)20)8(13(14,15)16)7-9(17-11)18-3-5-21-6-4-18/h7H,2-6H2,1H3,(H,19,20). The summed E-state index contributed by atoms with van der Waals surface area (Å²) in [5, 5.41) is 9.05. The predicted octanol–water partition coefficient (Wildman–Crippen LogP) is 2.75. The van der Waals surface area contributed by atoms with Crippen molar-refractivity contribution >= 4 is 23.5 Å². The van der Waals surface area contributed by atoms with Gasteiger partial charge in [0.25, 0.3) is 0 Å². The lowest BCUT2D eigenvalue weighted by Gasteiger charge is -2.29. The Morgan fingerprint density at radius 3 is 2.59 bits per heavy atom. The predicted molar refractivity (Wildman–Crippen MR) is 75.6 cm³/mol. The zero-order valence-corrected chi connectivity index (χ0v) is 12.6. The molecule has 1 aromatic heterocycles. The van der Waals surface area contributed by atoms with Crippen molar-refractivity contribution < 1.29 is 27.8 Å². The zero-order chi connectivity index (χ0) is 16.3. The summed E-state index contributed by atoms with van der Waals surface area (Å²) in [4.78, 5) is 17.1. The Bertz CT molecular complexity index is 560. The van der Waals surface area contributed by atoms with Crippen LogP contribution in [0.4, 0.5) is 19.0 Å². The first-order valence-electron chi connectivity index (χ1n) is 6.65. The monoisotopic (exact) mass is 336 g/mol. The Balaban J connectivity index is 2.57. The first kappa shape index (κ1) is 16.9. The summed E-state index contributed by atoms with van der Waals surface area (Å²) in [6.07, 6.45) is -4.75. The van der Waals surface area contributed by atoms with Gasteiger partial charge in [0.15, 0.2) is 0 Å². The number of aromatic carboxylic acids is 1. The lowest BCUT2D eigenvalue weighted by Crippen LogP contribution is -2.37. The van der Waals surface area contributed by atoms with Crippen molar-refractivity contribution in [2.45, 2.75) is 18.1 Å². The summed E-state index contributed by atoms with van der Waals surface area (Å²) in [6, 6.07) is 0.814. The van der Waals surface area contributed by atoms with Crippen molar-refractivity contribution in [3.63, 3.8) is 0 Å². The fraction of sp³-hybridized carbons (Fsp3) is 0.538. The van der Waals surface area contributed by atoms with Crippen LogP contribution in [0.2, 0.25) is 0 Å². The molecule has 0 unspecified atom stereocenters. The van der Waals surface area contributed by atoms with Crippen molar-refractivity contribution in [1.82, 2.24) is 4.98 Å². The van der Waals surface area contributed by atoms with E-state index in [4.69, 9.17) is 9.84 Å². The Morgan fingerprint density at radius 1 is 1.45 bits per heavy atom. The molecule has 0 bridgehead atoms. The van der Waals surface area contributed by atoms with Gasteiger partial charge in [-0.2, -0.15) is 13.2 Å². The average Bonchev–Trinajstić information content (AvgIpc) is 2.46. The number of aromatic nitrogens is 1. The lowest BCUT2D eigenvalue weighted by molar-refractivity contribution is -0.138. The summed E-state index contributed by atoms with van der Waals surface area (Å²) in [6.45, 7) is 3.38. The molecule has 9 heteroatoms. The molecule has 5 nitrogen and oxygen atoms in total. The fourth-order valence-corrected chi connectivity index (χ4v) is 2.91. The number of thioether (sulfide) groups is 1. The van der Waals surface area contributed by atoms with Crippen molar-refractivity contribution in [1.29, 1.82) is 0 Å². The minimum atomic E-state index is -4.75. The number of carboxylic acid groups (broad SMARTS) is 1. The molecule has 1 saturated heterocycles. The molecule has 1 aromatic rings. The normalized spacial score (nSPS) is 15.9. The van der Waals surface area contributed by atoms with E-state index >= 15 is 0 Å². The second kappa shape index (κ2) is 6.74. The van der Waals surface area contributed by atoms with Gasteiger partial charge in [0.2, 0.25) is 0 Å². The summed E-state index contributed by atoms with van der Waals surface area (Å²) >= 11 is 0.989. The van der Waals surface area contributed by atoms with Crippen LogP contribution in [0.25, 0.3) is 0 Å². The van der Waals surface area contributed by atoms with Crippen LogP contribution in [0.15, 0.2) is 11.1 Å². The third-order valence-corrected chi connectivity index (χ3v) is 3.97. The molecule has 0 atom stereocenters. The van der Waals surface area contributed by atoms with Crippen LogP contribution < -0.4 is 4.90 Å². The smallest absolute Gasteiger partial charge is 0.417 e. The van der Waals surface area contributed by atoms with E-state index in [2.05, 4.69) is 4.98 Å². The molecule has 1 N–H and O–H groups in total. The highest BCUT2D eigenvalue weighted by molar-refractivity contribution is 7.99. The van der Waals surface area contributed by atoms with Crippen LogP contribution >= 0.6 is 11.8 Å². The van der Waals surface area contributed by atoms with Crippen LogP contribution in [0.5, 0.6) is 0 Å². The van der Waals surface area contributed by atoms with E-state index < -0.39 is 23.3 Å². The molecule has 2 heterocycles. The largest absolute Gasteiger partial charge is 0.478 e.